The van der Waals surface area contributed by atoms with Gasteiger partial charge in [0.25, 0.3) is 0 Å². The Morgan fingerprint density at radius 1 is 1.57 bits per heavy atom. The van der Waals surface area contributed by atoms with Gasteiger partial charge in [0.15, 0.2) is 5.78 Å². The maximum absolute atomic E-state index is 10.9. The number of hydrogen-bond acceptors (Lipinski definition) is 4. The third-order valence-corrected chi connectivity index (χ3v) is 2.66. The van der Waals surface area contributed by atoms with Gasteiger partial charge in [-0.25, -0.2) is 8.42 Å². The smallest absolute Gasteiger partial charge is 0.162 e. The second kappa shape index (κ2) is 3.91. The normalized spacial score (nSPS) is 11.6. The van der Waals surface area contributed by atoms with Crippen LogP contribution in [0, 0.1) is 0 Å². The summed E-state index contributed by atoms with van der Waals surface area (Å²) in [5.74, 6) is -0.0398. The first kappa shape index (κ1) is 10.9. The topological polar surface area (TPSA) is 69.0 Å². The molecular weight excluding hydrogens is 204 g/mol. The largest absolute Gasteiger partial charge is 0.294 e. The quantitative estimate of drug-likeness (QED) is 0.671. The lowest BCUT2D eigenvalue weighted by molar-refractivity contribution is 0.101. The van der Waals surface area contributed by atoms with E-state index in [4.69, 9.17) is 0 Å². The Kier molecular flexibility index (Phi) is 3.05. The number of ketones is 1. The number of aromatic nitrogens is 2. The summed E-state index contributed by atoms with van der Waals surface area (Å²) in [6.45, 7) is 1.73. The molecular formula is C8H12N2O3S. The van der Waals surface area contributed by atoms with Crippen LogP contribution in [0.2, 0.25) is 0 Å². The molecule has 0 amide bonds. The summed E-state index contributed by atoms with van der Waals surface area (Å²) in [7, 11) is -2.98. The van der Waals surface area contributed by atoms with Crippen LogP contribution in [0.5, 0.6) is 0 Å². The molecule has 5 nitrogen and oxygen atoms in total. The van der Waals surface area contributed by atoms with E-state index in [0.29, 0.717) is 5.56 Å². The van der Waals surface area contributed by atoms with Crippen LogP contribution in [0.1, 0.15) is 17.3 Å². The van der Waals surface area contributed by atoms with E-state index >= 15 is 0 Å². The summed E-state index contributed by atoms with van der Waals surface area (Å²) in [4.78, 5) is 10.9. The minimum atomic E-state index is -2.98. The highest BCUT2D eigenvalue weighted by Gasteiger charge is 2.05. The molecule has 0 aliphatic carbocycles. The van der Waals surface area contributed by atoms with Gasteiger partial charge in [-0.05, 0) is 6.92 Å². The maximum atomic E-state index is 10.9. The molecule has 1 rings (SSSR count). The van der Waals surface area contributed by atoms with E-state index in [1.54, 1.807) is 6.20 Å². The number of carbonyl (C=O) groups is 1. The van der Waals surface area contributed by atoms with E-state index in [1.165, 1.54) is 24.1 Å². The Morgan fingerprint density at radius 3 is 2.64 bits per heavy atom. The molecule has 0 N–H and O–H groups in total. The van der Waals surface area contributed by atoms with Crippen molar-refractivity contribution in [1.82, 2.24) is 9.78 Å². The van der Waals surface area contributed by atoms with E-state index in [9.17, 15) is 13.2 Å². The SMILES string of the molecule is CC(=O)c1cnn(CCS(C)(=O)=O)c1. The van der Waals surface area contributed by atoms with E-state index in [-0.39, 0.29) is 18.1 Å². The molecule has 0 fully saturated rings. The molecule has 1 heterocycles. The minimum absolute atomic E-state index is 0.0338. The summed E-state index contributed by atoms with van der Waals surface area (Å²) >= 11 is 0. The van der Waals surface area contributed by atoms with Gasteiger partial charge in [-0.3, -0.25) is 9.48 Å². The van der Waals surface area contributed by atoms with Crippen molar-refractivity contribution >= 4 is 15.6 Å². The molecule has 14 heavy (non-hydrogen) atoms. The van der Waals surface area contributed by atoms with Crippen molar-refractivity contribution in [2.45, 2.75) is 13.5 Å². The average Bonchev–Trinajstić information content (AvgIpc) is 2.47. The van der Waals surface area contributed by atoms with Gasteiger partial charge in [-0.15, -0.1) is 0 Å². The Balaban J connectivity index is 2.65. The molecule has 0 spiro atoms. The second-order valence-corrected chi connectivity index (χ2v) is 5.44. The predicted molar refractivity (Wildman–Crippen MR) is 51.9 cm³/mol. The van der Waals surface area contributed by atoms with Gasteiger partial charge in [0.1, 0.15) is 9.84 Å². The molecule has 1 aromatic rings. The zero-order chi connectivity index (χ0) is 10.8. The first-order valence-corrected chi connectivity index (χ1v) is 6.15. The summed E-state index contributed by atoms with van der Waals surface area (Å²) in [5, 5.41) is 3.87. The number of hydrogen-bond donors (Lipinski definition) is 0. The number of carbonyl (C=O) groups excluding carboxylic acids is 1. The summed E-state index contributed by atoms with van der Waals surface area (Å²) in [5.41, 5.74) is 0.499. The average molecular weight is 216 g/mol. The zero-order valence-electron chi connectivity index (χ0n) is 8.10. The van der Waals surface area contributed by atoms with Gasteiger partial charge in [-0.1, -0.05) is 0 Å². The summed E-state index contributed by atoms with van der Waals surface area (Å²) in [6, 6.07) is 0. The number of rotatable bonds is 4. The highest BCUT2D eigenvalue weighted by atomic mass is 32.2. The first-order valence-electron chi connectivity index (χ1n) is 4.09. The molecule has 1 aromatic heterocycles. The molecule has 0 saturated heterocycles. The Hall–Kier alpha value is -1.17. The van der Waals surface area contributed by atoms with Crippen molar-refractivity contribution in [3.8, 4) is 0 Å². The highest BCUT2D eigenvalue weighted by molar-refractivity contribution is 7.90. The van der Waals surface area contributed by atoms with E-state index < -0.39 is 9.84 Å². The van der Waals surface area contributed by atoms with Crippen molar-refractivity contribution in [2.24, 2.45) is 0 Å². The molecule has 0 bridgehead atoms. The standard InChI is InChI=1S/C8H12N2O3S/c1-7(11)8-5-9-10(6-8)3-4-14(2,12)13/h5-6H,3-4H2,1-2H3. The van der Waals surface area contributed by atoms with Crippen LogP contribution in [0.25, 0.3) is 0 Å². The van der Waals surface area contributed by atoms with Crippen LogP contribution in [0.15, 0.2) is 12.4 Å². The number of nitrogens with zero attached hydrogens (tertiary/aromatic N) is 2. The fraction of sp³-hybridized carbons (Fsp3) is 0.500. The molecule has 0 atom stereocenters. The van der Waals surface area contributed by atoms with Crippen LogP contribution in [0.3, 0.4) is 0 Å². The lowest BCUT2D eigenvalue weighted by Crippen LogP contribution is -2.11. The summed E-state index contributed by atoms with van der Waals surface area (Å²) in [6.07, 6.45) is 4.15. The third kappa shape index (κ3) is 3.29. The monoisotopic (exact) mass is 216 g/mol. The summed E-state index contributed by atoms with van der Waals surface area (Å²) < 4.78 is 23.1. The van der Waals surface area contributed by atoms with Gasteiger partial charge in [-0.2, -0.15) is 5.10 Å². The molecule has 6 heteroatoms. The fourth-order valence-electron chi connectivity index (χ4n) is 0.927. The van der Waals surface area contributed by atoms with Gasteiger partial charge in [0.2, 0.25) is 0 Å². The van der Waals surface area contributed by atoms with Crippen molar-refractivity contribution < 1.29 is 13.2 Å². The van der Waals surface area contributed by atoms with E-state index in [0.717, 1.165) is 0 Å². The van der Waals surface area contributed by atoms with E-state index in [1.807, 2.05) is 0 Å². The molecule has 0 aromatic carbocycles. The van der Waals surface area contributed by atoms with Gasteiger partial charge in [0, 0.05) is 12.5 Å². The molecule has 0 radical (unpaired) electrons. The van der Waals surface area contributed by atoms with Gasteiger partial charge >= 0.3 is 0 Å². The molecule has 0 unspecified atom stereocenters. The molecule has 0 aliphatic heterocycles. The van der Waals surface area contributed by atoms with Crippen molar-refractivity contribution in [3.63, 3.8) is 0 Å². The highest BCUT2D eigenvalue weighted by Crippen LogP contribution is 1.99. The van der Waals surface area contributed by atoms with Crippen molar-refractivity contribution in [2.75, 3.05) is 12.0 Å². The minimum Gasteiger partial charge on any atom is -0.294 e. The lowest BCUT2D eigenvalue weighted by atomic mass is 10.3. The maximum Gasteiger partial charge on any atom is 0.162 e. The van der Waals surface area contributed by atoms with E-state index in [2.05, 4.69) is 5.10 Å². The molecule has 78 valence electrons. The zero-order valence-corrected chi connectivity index (χ0v) is 8.91. The lowest BCUT2D eigenvalue weighted by Gasteiger charge is -1.98. The number of Topliss-reactive ketones (excluding diaryl/α,β-unsaturated/α-hetero) is 1. The molecule has 0 saturated carbocycles. The van der Waals surface area contributed by atoms with Crippen LogP contribution in [0.4, 0.5) is 0 Å². The number of sulfone groups is 1. The number of aryl methyl sites for hydroxylation is 1. The second-order valence-electron chi connectivity index (χ2n) is 3.18. The van der Waals surface area contributed by atoms with Crippen molar-refractivity contribution in [3.05, 3.63) is 18.0 Å². The predicted octanol–water partition coefficient (Wildman–Crippen LogP) is 0.130. The Morgan fingerprint density at radius 2 is 2.21 bits per heavy atom. The van der Waals surface area contributed by atoms with Crippen LogP contribution in [-0.2, 0) is 16.4 Å². The van der Waals surface area contributed by atoms with Crippen LogP contribution >= 0.6 is 0 Å². The molecule has 0 aliphatic rings. The van der Waals surface area contributed by atoms with Crippen LogP contribution in [-0.4, -0.2) is 36.0 Å². The first-order chi connectivity index (χ1) is 6.38. The van der Waals surface area contributed by atoms with Crippen LogP contribution < -0.4 is 0 Å². The third-order valence-electron chi connectivity index (χ3n) is 1.73. The van der Waals surface area contributed by atoms with Gasteiger partial charge in [0.05, 0.1) is 24.1 Å². The fourth-order valence-corrected chi connectivity index (χ4v) is 1.45. The Bertz CT molecular complexity index is 433. The van der Waals surface area contributed by atoms with Gasteiger partial charge < -0.3 is 0 Å². The Labute approximate surface area is 82.7 Å². The van der Waals surface area contributed by atoms with Crippen molar-refractivity contribution in [1.29, 1.82) is 0 Å².